The molecule has 3 nitrogen and oxygen atoms in total. The topological polar surface area (TPSA) is 31.9 Å². The van der Waals surface area contributed by atoms with E-state index >= 15 is 0 Å². The Labute approximate surface area is 135 Å². The Bertz CT molecular complexity index is 778. The Balaban J connectivity index is 1.50. The van der Waals surface area contributed by atoms with Crippen molar-refractivity contribution in [2.45, 2.75) is 25.3 Å². The van der Waals surface area contributed by atoms with Gasteiger partial charge in [-0.3, -0.25) is 4.90 Å². The molecule has 1 saturated heterocycles. The van der Waals surface area contributed by atoms with Crippen LogP contribution in [-0.2, 0) is 6.54 Å². The van der Waals surface area contributed by atoms with Crippen molar-refractivity contribution in [3.8, 4) is 0 Å². The maximum absolute atomic E-state index is 13.3. The number of H-pyrrole nitrogens is 1. The van der Waals surface area contributed by atoms with Crippen molar-refractivity contribution in [3.63, 3.8) is 0 Å². The van der Waals surface area contributed by atoms with Crippen LogP contribution in [0, 0.1) is 5.82 Å². The van der Waals surface area contributed by atoms with E-state index in [1.165, 1.54) is 6.07 Å². The highest BCUT2D eigenvalue weighted by atomic mass is 19.1. The fourth-order valence-corrected chi connectivity index (χ4v) is 3.48. The van der Waals surface area contributed by atoms with Crippen LogP contribution < -0.4 is 0 Å². The molecule has 1 aliphatic heterocycles. The van der Waals surface area contributed by atoms with Crippen LogP contribution in [0.25, 0.3) is 11.0 Å². The molecule has 0 bridgehead atoms. The molecule has 0 unspecified atom stereocenters. The van der Waals surface area contributed by atoms with Crippen molar-refractivity contribution in [1.82, 2.24) is 14.9 Å². The van der Waals surface area contributed by atoms with Crippen LogP contribution in [0.2, 0.25) is 0 Å². The van der Waals surface area contributed by atoms with Crippen LogP contribution in [0.15, 0.2) is 48.5 Å². The van der Waals surface area contributed by atoms with E-state index in [1.54, 1.807) is 12.1 Å². The molecular weight excluding hydrogens is 289 g/mol. The van der Waals surface area contributed by atoms with E-state index in [0.717, 1.165) is 54.9 Å². The number of nitrogens with zero attached hydrogens (tertiary/aromatic N) is 2. The molecule has 1 fully saturated rings. The highest BCUT2D eigenvalue weighted by molar-refractivity contribution is 5.74. The van der Waals surface area contributed by atoms with E-state index in [2.05, 4.69) is 16.0 Å². The maximum Gasteiger partial charge on any atom is 0.123 e. The molecule has 0 radical (unpaired) electrons. The van der Waals surface area contributed by atoms with Gasteiger partial charge in [0.2, 0.25) is 0 Å². The van der Waals surface area contributed by atoms with Crippen molar-refractivity contribution in [2.75, 3.05) is 13.1 Å². The molecule has 4 rings (SSSR count). The summed E-state index contributed by atoms with van der Waals surface area (Å²) in [6.45, 7) is 2.83. The molecule has 2 aromatic carbocycles. The van der Waals surface area contributed by atoms with Crippen molar-refractivity contribution < 1.29 is 4.39 Å². The van der Waals surface area contributed by atoms with Crippen molar-refractivity contribution in [3.05, 3.63) is 65.7 Å². The van der Waals surface area contributed by atoms with E-state index in [4.69, 9.17) is 4.98 Å². The number of hydrogen-bond donors (Lipinski definition) is 1. The van der Waals surface area contributed by atoms with Crippen molar-refractivity contribution in [1.29, 1.82) is 0 Å². The predicted octanol–water partition coefficient (Wildman–Crippen LogP) is 4.08. The van der Waals surface area contributed by atoms with Gasteiger partial charge in [-0.2, -0.15) is 0 Å². The summed E-state index contributed by atoms with van der Waals surface area (Å²) in [7, 11) is 0. The molecule has 0 amide bonds. The van der Waals surface area contributed by atoms with Crippen LogP contribution in [0.5, 0.6) is 0 Å². The molecule has 3 aromatic rings. The third-order valence-electron chi connectivity index (χ3n) is 4.60. The summed E-state index contributed by atoms with van der Waals surface area (Å²) in [5, 5.41) is 0. The Kier molecular flexibility index (Phi) is 3.83. The summed E-state index contributed by atoms with van der Waals surface area (Å²) in [4.78, 5) is 10.6. The number of nitrogens with one attached hydrogen (secondary N) is 1. The minimum absolute atomic E-state index is 0.159. The number of piperidine rings is 1. The third-order valence-corrected chi connectivity index (χ3v) is 4.60. The van der Waals surface area contributed by atoms with E-state index < -0.39 is 0 Å². The second kappa shape index (κ2) is 6.13. The Morgan fingerprint density at radius 2 is 2.09 bits per heavy atom. The van der Waals surface area contributed by atoms with Gasteiger partial charge in [-0.25, -0.2) is 9.37 Å². The number of halogens is 1. The van der Waals surface area contributed by atoms with E-state index in [-0.39, 0.29) is 5.82 Å². The Morgan fingerprint density at radius 3 is 2.96 bits per heavy atom. The van der Waals surface area contributed by atoms with Crippen LogP contribution in [0.1, 0.15) is 30.1 Å². The van der Waals surface area contributed by atoms with Gasteiger partial charge in [0.25, 0.3) is 0 Å². The zero-order valence-corrected chi connectivity index (χ0v) is 13.0. The van der Waals surface area contributed by atoms with E-state index in [0.29, 0.717) is 5.92 Å². The van der Waals surface area contributed by atoms with E-state index in [1.807, 2.05) is 24.3 Å². The maximum atomic E-state index is 13.3. The van der Waals surface area contributed by atoms with Gasteiger partial charge >= 0.3 is 0 Å². The molecule has 23 heavy (non-hydrogen) atoms. The van der Waals surface area contributed by atoms with Gasteiger partial charge in [0, 0.05) is 19.0 Å². The van der Waals surface area contributed by atoms with Crippen LogP contribution in [0.3, 0.4) is 0 Å². The van der Waals surface area contributed by atoms with Gasteiger partial charge in [-0.15, -0.1) is 0 Å². The number of fused-ring (bicyclic) bond motifs is 1. The molecule has 1 aromatic heterocycles. The van der Waals surface area contributed by atoms with Gasteiger partial charge in [-0.05, 0) is 49.2 Å². The Hall–Kier alpha value is -2.20. The zero-order chi connectivity index (χ0) is 15.6. The monoisotopic (exact) mass is 309 g/mol. The minimum atomic E-state index is -0.159. The third kappa shape index (κ3) is 3.13. The van der Waals surface area contributed by atoms with Crippen molar-refractivity contribution in [2.24, 2.45) is 0 Å². The lowest BCUT2D eigenvalue weighted by Gasteiger charge is -2.31. The Morgan fingerprint density at radius 1 is 1.17 bits per heavy atom. The molecule has 2 heterocycles. The molecule has 0 saturated carbocycles. The molecule has 0 aliphatic carbocycles. The largest absolute Gasteiger partial charge is 0.342 e. The molecule has 0 spiro atoms. The molecule has 4 heteroatoms. The molecular formula is C19H20FN3. The van der Waals surface area contributed by atoms with Crippen molar-refractivity contribution >= 4 is 11.0 Å². The number of para-hydroxylation sites is 2. The van der Waals surface area contributed by atoms with Gasteiger partial charge in [0.15, 0.2) is 0 Å². The summed E-state index contributed by atoms with van der Waals surface area (Å²) < 4.78 is 13.3. The SMILES string of the molecule is Fc1cccc(CN2CCC[C@H](c3nc4ccccc4[nH]3)C2)c1. The fraction of sp³-hybridized carbons (Fsp3) is 0.316. The lowest BCUT2D eigenvalue weighted by molar-refractivity contribution is 0.197. The predicted molar refractivity (Wildman–Crippen MR) is 89.7 cm³/mol. The number of hydrogen-bond acceptors (Lipinski definition) is 2. The average molecular weight is 309 g/mol. The number of likely N-dealkylation sites (tertiary alicyclic amines) is 1. The zero-order valence-electron chi connectivity index (χ0n) is 13.0. The smallest absolute Gasteiger partial charge is 0.123 e. The molecule has 1 atom stereocenters. The highest BCUT2D eigenvalue weighted by Crippen LogP contribution is 2.27. The lowest BCUT2D eigenvalue weighted by Crippen LogP contribution is -2.34. The first-order valence-corrected chi connectivity index (χ1v) is 8.19. The molecule has 118 valence electrons. The van der Waals surface area contributed by atoms with E-state index in [9.17, 15) is 4.39 Å². The highest BCUT2D eigenvalue weighted by Gasteiger charge is 2.23. The van der Waals surface area contributed by atoms with Gasteiger partial charge in [0.05, 0.1) is 11.0 Å². The quantitative estimate of drug-likeness (QED) is 0.790. The van der Waals surface area contributed by atoms with Gasteiger partial charge < -0.3 is 4.98 Å². The standard InChI is InChI=1S/C19H20FN3/c20-16-7-3-5-14(11-16)12-23-10-4-6-15(13-23)19-21-17-8-1-2-9-18(17)22-19/h1-3,5,7-9,11,15H,4,6,10,12-13H2,(H,21,22)/t15-/m0/s1. The number of aromatic nitrogens is 2. The van der Waals surface area contributed by atoms with Gasteiger partial charge in [0.1, 0.15) is 11.6 Å². The summed E-state index contributed by atoms with van der Waals surface area (Å²) in [6.07, 6.45) is 2.30. The number of imidazole rings is 1. The fourth-order valence-electron chi connectivity index (χ4n) is 3.48. The summed E-state index contributed by atoms with van der Waals surface area (Å²) in [6, 6.07) is 15.1. The first kappa shape index (κ1) is 14.4. The normalized spacial score (nSPS) is 19.3. The number of aromatic amines is 1. The first-order chi connectivity index (χ1) is 11.3. The summed E-state index contributed by atoms with van der Waals surface area (Å²) in [5.74, 6) is 1.34. The molecule has 1 aliphatic rings. The second-order valence-electron chi connectivity index (χ2n) is 6.34. The first-order valence-electron chi connectivity index (χ1n) is 8.19. The second-order valence-corrected chi connectivity index (χ2v) is 6.34. The lowest BCUT2D eigenvalue weighted by atomic mass is 9.97. The average Bonchev–Trinajstić information content (AvgIpc) is 2.99. The van der Waals surface area contributed by atoms with Gasteiger partial charge in [-0.1, -0.05) is 24.3 Å². The molecule has 1 N–H and O–H groups in total. The minimum Gasteiger partial charge on any atom is -0.342 e. The summed E-state index contributed by atoms with van der Waals surface area (Å²) in [5.41, 5.74) is 3.17. The summed E-state index contributed by atoms with van der Waals surface area (Å²) >= 11 is 0. The van der Waals surface area contributed by atoms with Crippen LogP contribution in [0.4, 0.5) is 4.39 Å². The van der Waals surface area contributed by atoms with Crippen LogP contribution >= 0.6 is 0 Å². The number of benzene rings is 2. The number of rotatable bonds is 3. The van der Waals surface area contributed by atoms with Crippen LogP contribution in [-0.4, -0.2) is 28.0 Å².